The van der Waals surface area contributed by atoms with Crippen LogP contribution in [-0.2, 0) is 4.79 Å². The highest BCUT2D eigenvalue weighted by molar-refractivity contribution is 5.90. The zero-order chi connectivity index (χ0) is 16.0. The zero-order valence-corrected chi connectivity index (χ0v) is 13.0. The fourth-order valence-electron chi connectivity index (χ4n) is 2.14. The van der Waals surface area contributed by atoms with E-state index >= 15 is 0 Å². The first-order chi connectivity index (χ1) is 9.70. The Labute approximate surface area is 124 Å². The quantitative estimate of drug-likeness (QED) is 0.797. The number of nitrogens with zero attached hydrogens (tertiary/aromatic N) is 2. The van der Waals surface area contributed by atoms with E-state index in [4.69, 9.17) is 9.63 Å². The van der Waals surface area contributed by atoms with Crippen molar-refractivity contribution in [3.63, 3.8) is 0 Å². The van der Waals surface area contributed by atoms with Crippen molar-refractivity contribution in [2.24, 2.45) is 11.3 Å². The van der Waals surface area contributed by atoms with E-state index in [1.54, 1.807) is 6.92 Å². The molecule has 0 spiro atoms. The fourth-order valence-corrected chi connectivity index (χ4v) is 2.14. The normalized spacial score (nSPS) is 13.0. The summed E-state index contributed by atoms with van der Waals surface area (Å²) in [5, 5.41) is 15.1. The highest BCUT2D eigenvalue weighted by Crippen LogP contribution is 2.32. The fraction of sp³-hybridized carbons (Fsp3) is 0.714. The lowest BCUT2D eigenvalue weighted by Gasteiger charge is -2.30. The molecule has 118 valence electrons. The lowest BCUT2D eigenvalue weighted by Crippen LogP contribution is -2.30. The molecule has 1 aromatic rings. The SMILES string of the molecule is Cc1nc(C(=O)NCCC(CCC(=O)O)C(C)(C)C)no1. The Kier molecular flexibility index (Phi) is 5.87. The van der Waals surface area contributed by atoms with Crippen LogP contribution in [0.3, 0.4) is 0 Å². The molecule has 0 radical (unpaired) electrons. The number of amides is 1. The molecular weight excluding hydrogens is 274 g/mol. The third kappa shape index (κ3) is 5.93. The van der Waals surface area contributed by atoms with Gasteiger partial charge in [0.25, 0.3) is 11.7 Å². The minimum absolute atomic E-state index is 0.0110. The van der Waals surface area contributed by atoms with Gasteiger partial charge in [0.05, 0.1) is 0 Å². The summed E-state index contributed by atoms with van der Waals surface area (Å²) in [6, 6.07) is 0. The minimum Gasteiger partial charge on any atom is -0.481 e. The largest absolute Gasteiger partial charge is 0.481 e. The average molecular weight is 297 g/mol. The number of carbonyl (C=O) groups is 2. The first-order valence-electron chi connectivity index (χ1n) is 7.00. The molecule has 1 unspecified atom stereocenters. The molecule has 7 heteroatoms. The predicted octanol–water partition coefficient (Wildman–Crippen LogP) is 2.03. The Morgan fingerprint density at radius 1 is 1.33 bits per heavy atom. The van der Waals surface area contributed by atoms with Crippen molar-refractivity contribution >= 4 is 11.9 Å². The maximum atomic E-state index is 11.8. The van der Waals surface area contributed by atoms with Crippen LogP contribution in [0.2, 0.25) is 0 Å². The number of aromatic nitrogens is 2. The van der Waals surface area contributed by atoms with Crippen LogP contribution in [0, 0.1) is 18.3 Å². The van der Waals surface area contributed by atoms with E-state index in [2.05, 4.69) is 36.2 Å². The van der Waals surface area contributed by atoms with Gasteiger partial charge in [-0.05, 0) is 24.2 Å². The summed E-state index contributed by atoms with van der Waals surface area (Å²) in [4.78, 5) is 26.3. The maximum absolute atomic E-state index is 11.8. The summed E-state index contributed by atoms with van der Waals surface area (Å²) in [5.74, 6) is -0.603. The number of aryl methyl sites for hydroxylation is 1. The molecule has 0 aliphatic heterocycles. The zero-order valence-electron chi connectivity index (χ0n) is 13.0. The van der Waals surface area contributed by atoms with Crippen LogP contribution < -0.4 is 5.32 Å². The van der Waals surface area contributed by atoms with Crippen molar-refractivity contribution in [1.82, 2.24) is 15.5 Å². The second kappa shape index (κ2) is 7.19. The van der Waals surface area contributed by atoms with Crippen molar-refractivity contribution in [2.75, 3.05) is 6.54 Å². The van der Waals surface area contributed by atoms with Crippen LogP contribution in [0.1, 0.15) is 56.5 Å². The standard InChI is InChI=1S/C14H23N3O4/c1-9-16-12(17-21-9)13(20)15-8-7-10(14(2,3)4)5-6-11(18)19/h10H,5-8H2,1-4H3,(H,15,20)(H,18,19). The van der Waals surface area contributed by atoms with Crippen LogP contribution >= 0.6 is 0 Å². The Morgan fingerprint density at radius 3 is 2.48 bits per heavy atom. The van der Waals surface area contributed by atoms with E-state index in [1.165, 1.54) is 0 Å². The maximum Gasteiger partial charge on any atom is 0.303 e. The lowest BCUT2D eigenvalue weighted by molar-refractivity contribution is -0.137. The van der Waals surface area contributed by atoms with Gasteiger partial charge in [0.1, 0.15) is 0 Å². The molecule has 1 heterocycles. The second-order valence-corrected chi connectivity index (χ2v) is 6.18. The second-order valence-electron chi connectivity index (χ2n) is 6.18. The highest BCUT2D eigenvalue weighted by atomic mass is 16.5. The third-order valence-corrected chi connectivity index (χ3v) is 3.44. The van der Waals surface area contributed by atoms with Crippen molar-refractivity contribution in [3.05, 3.63) is 11.7 Å². The molecule has 0 saturated carbocycles. The topological polar surface area (TPSA) is 105 Å². The van der Waals surface area contributed by atoms with Crippen LogP contribution in [0.4, 0.5) is 0 Å². The van der Waals surface area contributed by atoms with Gasteiger partial charge < -0.3 is 14.9 Å². The number of carbonyl (C=O) groups excluding carboxylic acids is 1. The average Bonchev–Trinajstić information content (AvgIpc) is 2.78. The molecule has 0 aliphatic carbocycles. The molecule has 0 fully saturated rings. The summed E-state index contributed by atoms with van der Waals surface area (Å²) in [6.07, 6.45) is 1.44. The Bertz CT molecular complexity index is 491. The first kappa shape index (κ1) is 17.1. The third-order valence-electron chi connectivity index (χ3n) is 3.44. The van der Waals surface area contributed by atoms with Gasteiger partial charge in [0.2, 0.25) is 5.89 Å². The van der Waals surface area contributed by atoms with Gasteiger partial charge in [-0.3, -0.25) is 9.59 Å². The molecule has 0 bridgehead atoms. The summed E-state index contributed by atoms with van der Waals surface area (Å²) in [6.45, 7) is 8.29. The van der Waals surface area contributed by atoms with Crippen molar-refractivity contribution in [2.45, 2.75) is 47.0 Å². The number of carboxylic acids is 1. The van der Waals surface area contributed by atoms with E-state index in [9.17, 15) is 9.59 Å². The summed E-state index contributed by atoms with van der Waals surface area (Å²) in [7, 11) is 0. The van der Waals surface area contributed by atoms with E-state index in [0.717, 1.165) is 0 Å². The van der Waals surface area contributed by atoms with Gasteiger partial charge in [-0.1, -0.05) is 25.9 Å². The van der Waals surface area contributed by atoms with E-state index in [1.807, 2.05) is 0 Å². The number of hydrogen-bond donors (Lipinski definition) is 2. The van der Waals surface area contributed by atoms with Crippen LogP contribution in [-0.4, -0.2) is 33.7 Å². The van der Waals surface area contributed by atoms with Gasteiger partial charge in [-0.2, -0.15) is 4.98 Å². The Hall–Kier alpha value is -1.92. The smallest absolute Gasteiger partial charge is 0.303 e. The Morgan fingerprint density at radius 2 is 2.00 bits per heavy atom. The van der Waals surface area contributed by atoms with Gasteiger partial charge in [0, 0.05) is 19.9 Å². The van der Waals surface area contributed by atoms with Crippen LogP contribution in [0.15, 0.2) is 4.52 Å². The number of rotatable bonds is 7. The van der Waals surface area contributed by atoms with E-state index in [-0.39, 0.29) is 29.5 Å². The van der Waals surface area contributed by atoms with Crippen LogP contribution in [0.25, 0.3) is 0 Å². The summed E-state index contributed by atoms with van der Waals surface area (Å²) < 4.78 is 4.75. The van der Waals surface area contributed by atoms with Gasteiger partial charge >= 0.3 is 5.97 Å². The van der Waals surface area contributed by atoms with Crippen molar-refractivity contribution in [3.8, 4) is 0 Å². The highest BCUT2D eigenvalue weighted by Gasteiger charge is 2.25. The summed E-state index contributed by atoms with van der Waals surface area (Å²) >= 11 is 0. The van der Waals surface area contributed by atoms with Crippen molar-refractivity contribution in [1.29, 1.82) is 0 Å². The lowest BCUT2D eigenvalue weighted by atomic mass is 9.76. The molecule has 0 saturated heterocycles. The number of hydrogen-bond acceptors (Lipinski definition) is 5. The number of nitrogens with one attached hydrogen (secondary N) is 1. The molecule has 1 rings (SSSR count). The molecule has 1 aromatic heterocycles. The monoisotopic (exact) mass is 297 g/mol. The molecule has 0 aromatic carbocycles. The summed E-state index contributed by atoms with van der Waals surface area (Å²) in [5.41, 5.74) is -0.0110. The van der Waals surface area contributed by atoms with Crippen molar-refractivity contribution < 1.29 is 19.2 Å². The molecule has 7 nitrogen and oxygen atoms in total. The molecule has 21 heavy (non-hydrogen) atoms. The minimum atomic E-state index is -0.796. The van der Waals surface area contributed by atoms with Gasteiger partial charge in [-0.25, -0.2) is 0 Å². The van der Waals surface area contributed by atoms with E-state index in [0.29, 0.717) is 25.3 Å². The van der Waals surface area contributed by atoms with Gasteiger partial charge in [-0.15, -0.1) is 0 Å². The van der Waals surface area contributed by atoms with Crippen LogP contribution in [0.5, 0.6) is 0 Å². The predicted molar refractivity (Wildman–Crippen MR) is 75.8 cm³/mol. The molecular formula is C14H23N3O4. The number of carboxylic acid groups (broad SMARTS) is 1. The first-order valence-corrected chi connectivity index (χ1v) is 7.00. The molecule has 0 aliphatic rings. The molecule has 2 N–H and O–H groups in total. The number of aliphatic carboxylic acids is 1. The molecule has 1 atom stereocenters. The Balaban J connectivity index is 2.46. The van der Waals surface area contributed by atoms with E-state index < -0.39 is 5.97 Å². The molecule has 1 amide bonds. The van der Waals surface area contributed by atoms with Gasteiger partial charge in [0.15, 0.2) is 0 Å².